The van der Waals surface area contributed by atoms with Crippen LogP contribution >= 0.6 is 0 Å². The largest absolute Gasteiger partial charge is 0.508 e. The average molecular weight is 449 g/mol. The van der Waals surface area contributed by atoms with Crippen molar-refractivity contribution in [2.24, 2.45) is 0 Å². The molecule has 0 heterocycles. The van der Waals surface area contributed by atoms with Gasteiger partial charge in [-0.3, -0.25) is 0 Å². The van der Waals surface area contributed by atoms with Crippen molar-refractivity contribution in [3.8, 4) is 11.5 Å². The normalized spacial score (nSPS) is 11.9. The van der Waals surface area contributed by atoms with E-state index in [-0.39, 0.29) is 21.3 Å². The van der Waals surface area contributed by atoms with Crippen molar-refractivity contribution in [1.82, 2.24) is 0 Å². The highest BCUT2D eigenvalue weighted by atomic mass is 32.2. The maximum atomic E-state index is 13.2. The van der Waals surface area contributed by atoms with Gasteiger partial charge in [0.25, 0.3) is 0 Å². The number of sulfone groups is 1. The molecule has 6 heteroatoms. The summed E-state index contributed by atoms with van der Waals surface area (Å²) in [5.41, 5.74) is 1.91. The van der Waals surface area contributed by atoms with Crippen LogP contribution in [0.1, 0.15) is 23.6 Å². The van der Waals surface area contributed by atoms with Crippen LogP contribution in [-0.4, -0.2) is 18.6 Å². The topological polar surface area (TPSA) is 74.6 Å². The van der Waals surface area contributed by atoms with Crippen LogP contribution in [0.15, 0.2) is 107 Å². The van der Waals surface area contributed by atoms with Crippen LogP contribution in [0, 0.1) is 5.82 Å². The minimum atomic E-state index is -3.79. The van der Waals surface area contributed by atoms with Crippen molar-refractivity contribution < 1.29 is 23.0 Å². The van der Waals surface area contributed by atoms with Crippen LogP contribution in [0.25, 0.3) is 0 Å². The number of benzene rings is 4. The monoisotopic (exact) mass is 448 g/mol. The summed E-state index contributed by atoms with van der Waals surface area (Å²) >= 11 is 0. The van der Waals surface area contributed by atoms with Crippen molar-refractivity contribution in [2.75, 3.05) is 0 Å². The summed E-state index contributed by atoms with van der Waals surface area (Å²) in [6, 6.07) is 24.9. The maximum Gasteiger partial charge on any atom is 0.206 e. The van der Waals surface area contributed by atoms with Crippen LogP contribution in [-0.2, 0) is 15.3 Å². The second-order valence-electron chi connectivity index (χ2n) is 7.70. The first kappa shape index (κ1) is 21.6. The van der Waals surface area contributed by atoms with Gasteiger partial charge in [-0.05, 0) is 84.3 Å². The molecule has 0 aromatic heterocycles. The molecule has 0 aliphatic carbocycles. The van der Waals surface area contributed by atoms with E-state index in [9.17, 15) is 23.0 Å². The summed E-state index contributed by atoms with van der Waals surface area (Å²) in [5.74, 6) is -0.219. The van der Waals surface area contributed by atoms with Gasteiger partial charge in [0.15, 0.2) is 0 Å². The summed E-state index contributed by atoms with van der Waals surface area (Å²) in [5, 5.41) is 19.5. The third-order valence-electron chi connectivity index (χ3n) is 5.76. The van der Waals surface area contributed by atoms with E-state index in [4.69, 9.17) is 0 Å². The second-order valence-corrected chi connectivity index (χ2v) is 9.65. The number of phenols is 2. The zero-order valence-electron chi connectivity index (χ0n) is 17.2. The molecule has 162 valence electrons. The third-order valence-corrected chi connectivity index (χ3v) is 7.54. The number of hydrogen-bond donors (Lipinski definition) is 2. The van der Waals surface area contributed by atoms with E-state index in [1.165, 1.54) is 24.3 Å². The Hall–Kier alpha value is -3.64. The summed E-state index contributed by atoms with van der Waals surface area (Å²) < 4.78 is 39.1. The van der Waals surface area contributed by atoms with E-state index in [0.29, 0.717) is 0 Å². The first-order valence-electron chi connectivity index (χ1n) is 9.91. The molecule has 0 aliphatic rings. The molecule has 4 aromatic rings. The van der Waals surface area contributed by atoms with Gasteiger partial charge in [-0.2, -0.15) is 0 Å². The van der Waals surface area contributed by atoms with Gasteiger partial charge in [0, 0.05) is 5.41 Å². The number of halogens is 1. The van der Waals surface area contributed by atoms with Crippen molar-refractivity contribution >= 4 is 9.84 Å². The summed E-state index contributed by atoms with van der Waals surface area (Å²) in [4.78, 5) is 0.123. The van der Waals surface area contributed by atoms with Crippen LogP contribution in [0.2, 0.25) is 0 Å². The van der Waals surface area contributed by atoms with Gasteiger partial charge in [-0.1, -0.05) is 36.4 Å². The number of aromatic hydroxyl groups is 2. The number of rotatable bonds is 5. The van der Waals surface area contributed by atoms with Gasteiger partial charge < -0.3 is 10.2 Å². The third kappa shape index (κ3) is 3.85. The Morgan fingerprint density at radius 3 is 1.28 bits per heavy atom. The smallest absolute Gasteiger partial charge is 0.206 e. The molecular formula is C26H21FO4S. The van der Waals surface area contributed by atoms with Crippen molar-refractivity contribution in [3.05, 3.63) is 120 Å². The molecule has 0 amide bonds. The quantitative estimate of drug-likeness (QED) is 0.316. The molecule has 0 atom stereocenters. The minimum Gasteiger partial charge on any atom is -0.508 e. The fraction of sp³-hybridized carbons (Fsp3) is 0.0769. The Labute approximate surface area is 186 Å². The lowest BCUT2D eigenvalue weighted by Crippen LogP contribution is -2.25. The lowest BCUT2D eigenvalue weighted by atomic mass is 9.71. The highest BCUT2D eigenvalue weighted by Crippen LogP contribution is 2.40. The summed E-state index contributed by atoms with van der Waals surface area (Å²) in [6.07, 6.45) is 0. The molecule has 0 saturated heterocycles. The van der Waals surface area contributed by atoms with Crippen LogP contribution in [0.3, 0.4) is 0 Å². The van der Waals surface area contributed by atoms with E-state index in [1.807, 2.05) is 31.2 Å². The van der Waals surface area contributed by atoms with E-state index in [0.717, 1.165) is 28.8 Å². The zero-order chi connectivity index (χ0) is 22.9. The average Bonchev–Trinajstić information content (AvgIpc) is 2.80. The molecule has 2 N–H and O–H groups in total. The van der Waals surface area contributed by atoms with Gasteiger partial charge in [-0.25, -0.2) is 12.8 Å². The minimum absolute atomic E-state index is 0.0199. The molecule has 0 unspecified atom stereocenters. The Morgan fingerprint density at radius 1 is 0.594 bits per heavy atom. The van der Waals surface area contributed by atoms with Gasteiger partial charge in [0.1, 0.15) is 17.3 Å². The van der Waals surface area contributed by atoms with E-state index < -0.39 is 21.1 Å². The fourth-order valence-corrected chi connectivity index (χ4v) is 5.07. The molecule has 0 aliphatic heterocycles. The van der Waals surface area contributed by atoms with Crippen LogP contribution in [0.4, 0.5) is 4.39 Å². The van der Waals surface area contributed by atoms with E-state index >= 15 is 0 Å². The van der Waals surface area contributed by atoms with Crippen molar-refractivity contribution in [3.63, 3.8) is 0 Å². The van der Waals surface area contributed by atoms with Gasteiger partial charge in [-0.15, -0.1) is 0 Å². The zero-order valence-corrected chi connectivity index (χ0v) is 18.1. The fourth-order valence-electron chi connectivity index (χ4n) is 3.81. The lowest BCUT2D eigenvalue weighted by Gasteiger charge is -2.32. The molecule has 4 aromatic carbocycles. The number of phenolic OH excluding ortho intramolecular Hbond substituents is 2. The van der Waals surface area contributed by atoms with Gasteiger partial charge in [0.2, 0.25) is 9.84 Å². The molecule has 4 rings (SSSR count). The maximum absolute atomic E-state index is 13.2. The molecule has 0 bridgehead atoms. The first-order chi connectivity index (χ1) is 15.2. The van der Waals surface area contributed by atoms with E-state index in [2.05, 4.69) is 0 Å². The van der Waals surface area contributed by atoms with Gasteiger partial charge in [0.05, 0.1) is 9.79 Å². The molecule has 32 heavy (non-hydrogen) atoms. The predicted octanol–water partition coefficient (Wildman–Crippen LogP) is 5.42. The second kappa shape index (κ2) is 8.13. The molecule has 0 radical (unpaired) electrons. The highest BCUT2D eigenvalue weighted by Gasteiger charge is 2.32. The Balaban J connectivity index is 1.81. The van der Waals surface area contributed by atoms with E-state index in [1.54, 1.807) is 36.4 Å². The van der Waals surface area contributed by atoms with Crippen molar-refractivity contribution in [2.45, 2.75) is 22.1 Å². The first-order valence-corrected chi connectivity index (χ1v) is 11.4. The summed E-state index contributed by atoms with van der Waals surface area (Å²) in [6.45, 7) is 2.00. The Kier molecular flexibility index (Phi) is 5.48. The molecular weight excluding hydrogens is 427 g/mol. The molecule has 0 fully saturated rings. The molecule has 0 spiro atoms. The highest BCUT2D eigenvalue weighted by molar-refractivity contribution is 7.91. The SMILES string of the molecule is CC(c1ccc(O)cc1)(c1ccc(O)cc1)c1ccc(S(=O)(=O)c2ccc(F)cc2)cc1. The molecule has 4 nitrogen and oxygen atoms in total. The Bertz CT molecular complexity index is 1280. The standard InChI is InChI=1S/C26H21FO4S/c1-26(18-2-10-22(28)11-3-18,19-4-12-23(29)13-5-19)20-6-14-24(15-7-20)32(30,31)25-16-8-21(27)9-17-25/h2-17,28-29H,1H3. The van der Waals surface area contributed by atoms with Gasteiger partial charge >= 0.3 is 0 Å². The van der Waals surface area contributed by atoms with Crippen LogP contribution in [0.5, 0.6) is 11.5 Å². The number of hydrogen-bond acceptors (Lipinski definition) is 4. The van der Waals surface area contributed by atoms with Crippen LogP contribution < -0.4 is 0 Å². The Morgan fingerprint density at radius 2 is 0.906 bits per heavy atom. The molecule has 0 saturated carbocycles. The predicted molar refractivity (Wildman–Crippen MR) is 120 cm³/mol. The van der Waals surface area contributed by atoms with Crippen molar-refractivity contribution in [1.29, 1.82) is 0 Å². The lowest BCUT2D eigenvalue weighted by molar-refractivity contribution is 0.474. The summed E-state index contributed by atoms with van der Waals surface area (Å²) in [7, 11) is -3.79.